The minimum Gasteiger partial charge on any atom is -0.493 e. The van der Waals surface area contributed by atoms with Gasteiger partial charge in [0.1, 0.15) is 5.82 Å². The van der Waals surface area contributed by atoms with Crippen LogP contribution in [0.15, 0.2) is 24.3 Å². The first-order valence-corrected chi connectivity index (χ1v) is 9.14. The maximum Gasteiger partial charge on any atom is 0.203 e. The van der Waals surface area contributed by atoms with Gasteiger partial charge in [-0.3, -0.25) is 4.40 Å². The Morgan fingerprint density at radius 1 is 0.700 bits per heavy atom. The van der Waals surface area contributed by atoms with Gasteiger partial charge in [0.15, 0.2) is 34.5 Å². The summed E-state index contributed by atoms with van der Waals surface area (Å²) >= 11 is 0. The molecule has 0 aliphatic heterocycles. The average molecular weight is 410 g/mol. The van der Waals surface area contributed by atoms with Gasteiger partial charge in [-0.25, -0.2) is 4.98 Å². The zero-order valence-corrected chi connectivity index (χ0v) is 17.6. The molecule has 0 amide bonds. The number of aromatic nitrogens is 4. The standard InChI is InChI=1S/C21H22N4O5/c1-11-22-14-10-16(27-3)15(26-2)9-13(14)21-24-23-20(25(11)21)12-7-17(28-4)19(30-6)18(8-12)29-5/h7-10H,1-6H3. The van der Waals surface area contributed by atoms with E-state index in [1.54, 1.807) is 35.5 Å². The Morgan fingerprint density at radius 3 is 1.87 bits per heavy atom. The molecule has 2 heterocycles. The van der Waals surface area contributed by atoms with Gasteiger partial charge in [-0.15, -0.1) is 10.2 Å². The monoisotopic (exact) mass is 410 g/mol. The van der Waals surface area contributed by atoms with E-state index in [1.165, 1.54) is 0 Å². The Bertz CT molecular complexity index is 1230. The summed E-state index contributed by atoms with van der Waals surface area (Å²) in [5, 5.41) is 9.66. The number of hydrogen-bond donors (Lipinski definition) is 0. The molecule has 0 saturated heterocycles. The quantitative estimate of drug-likeness (QED) is 0.478. The topological polar surface area (TPSA) is 89.2 Å². The lowest BCUT2D eigenvalue weighted by atomic mass is 10.1. The van der Waals surface area contributed by atoms with Crippen LogP contribution in [0.1, 0.15) is 5.82 Å². The summed E-state index contributed by atoms with van der Waals surface area (Å²) < 4.78 is 29.1. The molecule has 0 N–H and O–H groups in total. The molecule has 156 valence electrons. The van der Waals surface area contributed by atoms with E-state index in [9.17, 15) is 0 Å². The summed E-state index contributed by atoms with van der Waals surface area (Å²) in [4.78, 5) is 4.73. The third-order valence-corrected chi connectivity index (χ3v) is 4.93. The predicted octanol–water partition coefficient (Wildman–Crippen LogP) is 3.30. The van der Waals surface area contributed by atoms with Crippen LogP contribution in [0.3, 0.4) is 0 Å². The highest BCUT2D eigenvalue weighted by Gasteiger charge is 2.20. The van der Waals surface area contributed by atoms with Crippen LogP contribution in [0.5, 0.6) is 28.7 Å². The smallest absolute Gasteiger partial charge is 0.203 e. The molecule has 2 aromatic heterocycles. The molecule has 0 radical (unpaired) electrons. The zero-order chi connectivity index (χ0) is 21.4. The lowest BCUT2D eigenvalue weighted by Gasteiger charge is -2.14. The van der Waals surface area contributed by atoms with Crippen LogP contribution >= 0.6 is 0 Å². The number of ether oxygens (including phenoxy) is 5. The Morgan fingerprint density at radius 2 is 1.30 bits per heavy atom. The van der Waals surface area contributed by atoms with Crippen LogP contribution in [0.25, 0.3) is 27.9 Å². The Kier molecular flexibility index (Phi) is 4.94. The van der Waals surface area contributed by atoms with E-state index in [0.717, 1.165) is 22.3 Å². The summed E-state index contributed by atoms with van der Waals surface area (Å²) in [7, 11) is 7.89. The second kappa shape index (κ2) is 7.58. The number of aryl methyl sites for hydroxylation is 1. The van der Waals surface area contributed by atoms with Crippen molar-refractivity contribution in [1.82, 2.24) is 19.6 Å². The summed E-state index contributed by atoms with van der Waals surface area (Å²) in [6, 6.07) is 7.34. The molecule has 0 spiro atoms. The average Bonchev–Trinajstić information content (AvgIpc) is 3.23. The van der Waals surface area contributed by atoms with Crippen molar-refractivity contribution >= 4 is 16.6 Å². The summed E-state index contributed by atoms with van der Waals surface area (Å²) in [5.41, 5.74) is 2.14. The van der Waals surface area contributed by atoms with Crippen LogP contribution in [-0.4, -0.2) is 55.1 Å². The van der Waals surface area contributed by atoms with E-state index < -0.39 is 0 Å². The molecular formula is C21H22N4O5. The van der Waals surface area contributed by atoms with Gasteiger partial charge in [-0.2, -0.15) is 0 Å². The van der Waals surface area contributed by atoms with Crippen LogP contribution in [0.4, 0.5) is 0 Å². The normalized spacial score (nSPS) is 11.0. The largest absolute Gasteiger partial charge is 0.493 e. The van der Waals surface area contributed by atoms with Crippen molar-refractivity contribution in [1.29, 1.82) is 0 Å². The van der Waals surface area contributed by atoms with Crippen molar-refractivity contribution < 1.29 is 23.7 Å². The number of rotatable bonds is 6. The fraction of sp³-hybridized carbons (Fsp3) is 0.286. The van der Waals surface area contributed by atoms with E-state index in [-0.39, 0.29) is 0 Å². The molecule has 0 saturated carbocycles. The molecule has 30 heavy (non-hydrogen) atoms. The summed E-state index contributed by atoms with van der Waals surface area (Å²) in [6.07, 6.45) is 0. The first kappa shape index (κ1) is 19.6. The molecular weight excluding hydrogens is 388 g/mol. The van der Waals surface area contributed by atoms with Crippen LogP contribution in [-0.2, 0) is 0 Å². The van der Waals surface area contributed by atoms with E-state index in [0.29, 0.717) is 40.2 Å². The first-order valence-electron chi connectivity index (χ1n) is 9.14. The molecule has 2 aromatic carbocycles. The number of methoxy groups -OCH3 is 5. The van der Waals surface area contributed by atoms with E-state index in [2.05, 4.69) is 10.2 Å². The molecule has 4 rings (SSSR count). The van der Waals surface area contributed by atoms with Crippen molar-refractivity contribution in [3.8, 4) is 40.1 Å². The van der Waals surface area contributed by atoms with Crippen molar-refractivity contribution in [2.75, 3.05) is 35.5 Å². The van der Waals surface area contributed by atoms with Gasteiger partial charge in [0.2, 0.25) is 5.75 Å². The Hall–Kier alpha value is -3.75. The first-order chi connectivity index (χ1) is 14.6. The van der Waals surface area contributed by atoms with E-state index in [1.807, 2.05) is 35.6 Å². The third-order valence-electron chi connectivity index (χ3n) is 4.93. The highest BCUT2D eigenvalue weighted by molar-refractivity contribution is 5.94. The van der Waals surface area contributed by atoms with Crippen LogP contribution < -0.4 is 23.7 Å². The fourth-order valence-electron chi connectivity index (χ4n) is 3.53. The van der Waals surface area contributed by atoms with Crippen molar-refractivity contribution in [3.05, 3.63) is 30.1 Å². The predicted molar refractivity (Wildman–Crippen MR) is 111 cm³/mol. The molecule has 0 unspecified atom stereocenters. The molecule has 0 aliphatic rings. The summed E-state index contributed by atoms with van der Waals surface area (Å²) in [6.45, 7) is 1.90. The Labute approximate surface area is 173 Å². The fourth-order valence-corrected chi connectivity index (χ4v) is 3.53. The Balaban J connectivity index is 2.01. The molecule has 0 aliphatic carbocycles. The van der Waals surface area contributed by atoms with Crippen molar-refractivity contribution in [2.45, 2.75) is 6.92 Å². The highest BCUT2D eigenvalue weighted by atomic mass is 16.5. The molecule has 0 atom stereocenters. The highest BCUT2D eigenvalue weighted by Crippen LogP contribution is 2.41. The van der Waals surface area contributed by atoms with Gasteiger partial charge in [-0.1, -0.05) is 0 Å². The molecule has 0 bridgehead atoms. The van der Waals surface area contributed by atoms with Crippen molar-refractivity contribution in [3.63, 3.8) is 0 Å². The van der Waals surface area contributed by atoms with Gasteiger partial charge in [0.25, 0.3) is 0 Å². The van der Waals surface area contributed by atoms with Crippen LogP contribution in [0.2, 0.25) is 0 Å². The van der Waals surface area contributed by atoms with E-state index >= 15 is 0 Å². The molecule has 0 fully saturated rings. The minimum absolute atomic E-state index is 0.509. The van der Waals surface area contributed by atoms with Crippen molar-refractivity contribution in [2.24, 2.45) is 0 Å². The van der Waals surface area contributed by atoms with Gasteiger partial charge in [-0.05, 0) is 25.1 Å². The zero-order valence-electron chi connectivity index (χ0n) is 17.6. The molecule has 9 heteroatoms. The van der Waals surface area contributed by atoms with Crippen LogP contribution in [0, 0.1) is 6.92 Å². The second-order valence-corrected chi connectivity index (χ2v) is 6.48. The number of nitrogens with zero attached hydrogens (tertiary/aromatic N) is 4. The SMILES string of the molecule is COc1cc2nc(C)n3c(-c4cc(OC)c(OC)c(OC)c4)nnc3c2cc1OC. The molecule has 9 nitrogen and oxygen atoms in total. The second-order valence-electron chi connectivity index (χ2n) is 6.48. The van der Waals surface area contributed by atoms with Gasteiger partial charge in [0, 0.05) is 17.0 Å². The molecule has 4 aromatic rings. The van der Waals surface area contributed by atoms with Gasteiger partial charge in [0.05, 0.1) is 41.1 Å². The minimum atomic E-state index is 0.509. The number of fused-ring (bicyclic) bond motifs is 3. The van der Waals surface area contributed by atoms with Gasteiger partial charge < -0.3 is 23.7 Å². The maximum absolute atomic E-state index is 5.48. The third kappa shape index (κ3) is 2.90. The number of hydrogen-bond acceptors (Lipinski definition) is 8. The maximum atomic E-state index is 5.48. The van der Waals surface area contributed by atoms with E-state index in [4.69, 9.17) is 28.7 Å². The van der Waals surface area contributed by atoms with Gasteiger partial charge >= 0.3 is 0 Å². The summed E-state index contributed by atoms with van der Waals surface area (Å²) in [5.74, 6) is 4.09. The lowest BCUT2D eigenvalue weighted by Crippen LogP contribution is -2.01. The number of benzene rings is 2. The lowest BCUT2D eigenvalue weighted by molar-refractivity contribution is 0.324.